The van der Waals surface area contributed by atoms with Gasteiger partial charge in [0, 0.05) is 11.6 Å². The quantitative estimate of drug-likeness (QED) is 0.546. The Balaban J connectivity index is 1.38. The molecule has 0 aliphatic carbocycles. The third-order valence-corrected chi connectivity index (χ3v) is 4.24. The number of anilines is 2. The van der Waals surface area contributed by atoms with Gasteiger partial charge in [0.2, 0.25) is 5.91 Å². The highest BCUT2D eigenvalue weighted by Crippen LogP contribution is 2.13. The molecule has 2 aromatic carbocycles. The molecule has 0 saturated heterocycles. The first kappa shape index (κ1) is 19.7. The van der Waals surface area contributed by atoms with Gasteiger partial charge in [0.05, 0.1) is 24.9 Å². The molecular weight excluding hydrogens is 374 g/mol. The minimum absolute atomic E-state index is 0.134. The second-order valence-electron chi connectivity index (χ2n) is 6.20. The zero-order chi connectivity index (χ0) is 19.6. The molecule has 0 radical (unpaired) electrons. The fraction of sp³-hybridized carbons (Fsp3) is 0.182. The van der Waals surface area contributed by atoms with Crippen LogP contribution in [0.15, 0.2) is 72.9 Å². The van der Waals surface area contributed by atoms with Crippen LogP contribution in [-0.2, 0) is 11.2 Å². The molecule has 0 atom stereocenters. The maximum atomic E-state index is 12.0. The lowest BCUT2D eigenvalue weighted by Crippen LogP contribution is -2.16. The van der Waals surface area contributed by atoms with Gasteiger partial charge in [0.1, 0.15) is 11.6 Å². The standard InChI is InChI=1S/C22H22ClN3O2/c23-18-6-4-5-17(15-18)11-13-24-19-9-10-21(25-16-19)26-22(27)12-14-28-20-7-2-1-3-8-20/h1-10,15-16,24H,11-14H2,(H,25,26,27). The van der Waals surface area contributed by atoms with Crippen molar-refractivity contribution >= 4 is 29.0 Å². The van der Waals surface area contributed by atoms with E-state index in [1.54, 1.807) is 12.3 Å². The molecule has 0 fully saturated rings. The second-order valence-corrected chi connectivity index (χ2v) is 6.63. The number of halogens is 1. The Hall–Kier alpha value is -3.05. The normalized spacial score (nSPS) is 10.3. The number of carbonyl (C=O) groups is 1. The summed E-state index contributed by atoms with van der Waals surface area (Å²) in [5, 5.41) is 6.82. The molecule has 0 saturated carbocycles. The maximum absolute atomic E-state index is 12.0. The predicted molar refractivity (Wildman–Crippen MR) is 113 cm³/mol. The fourth-order valence-corrected chi connectivity index (χ4v) is 2.81. The third-order valence-electron chi connectivity index (χ3n) is 4.00. The monoisotopic (exact) mass is 395 g/mol. The molecule has 6 heteroatoms. The smallest absolute Gasteiger partial charge is 0.228 e. The van der Waals surface area contributed by atoms with Crippen molar-refractivity contribution < 1.29 is 9.53 Å². The molecule has 1 aromatic heterocycles. The maximum Gasteiger partial charge on any atom is 0.228 e. The van der Waals surface area contributed by atoms with E-state index in [1.165, 1.54) is 5.56 Å². The lowest BCUT2D eigenvalue weighted by molar-refractivity contribution is -0.116. The molecule has 3 aromatic rings. The van der Waals surface area contributed by atoms with Crippen molar-refractivity contribution in [1.29, 1.82) is 0 Å². The number of ether oxygens (including phenoxy) is 1. The van der Waals surface area contributed by atoms with Crippen molar-refractivity contribution in [2.45, 2.75) is 12.8 Å². The molecule has 144 valence electrons. The molecule has 0 spiro atoms. The molecular formula is C22H22ClN3O2. The summed E-state index contributed by atoms with van der Waals surface area (Å²) in [5.41, 5.74) is 2.07. The first-order valence-electron chi connectivity index (χ1n) is 9.11. The van der Waals surface area contributed by atoms with E-state index in [9.17, 15) is 4.79 Å². The third kappa shape index (κ3) is 6.59. The van der Waals surface area contributed by atoms with Gasteiger partial charge in [-0.3, -0.25) is 4.79 Å². The Morgan fingerprint density at radius 1 is 1.04 bits per heavy atom. The summed E-state index contributed by atoms with van der Waals surface area (Å²) >= 11 is 5.99. The van der Waals surface area contributed by atoms with Crippen molar-refractivity contribution in [3.8, 4) is 5.75 Å². The fourth-order valence-electron chi connectivity index (χ4n) is 2.60. The Labute approximate surface area is 169 Å². The molecule has 28 heavy (non-hydrogen) atoms. The number of carbonyl (C=O) groups excluding carboxylic acids is 1. The van der Waals surface area contributed by atoms with E-state index >= 15 is 0 Å². The first-order valence-corrected chi connectivity index (χ1v) is 9.49. The minimum atomic E-state index is -0.134. The van der Waals surface area contributed by atoms with Crippen LogP contribution >= 0.6 is 11.6 Å². The number of aromatic nitrogens is 1. The van der Waals surface area contributed by atoms with Crippen LogP contribution in [0.1, 0.15) is 12.0 Å². The van der Waals surface area contributed by atoms with Crippen molar-refractivity contribution in [1.82, 2.24) is 4.98 Å². The summed E-state index contributed by atoms with van der Waals surface area (Å²) in [7, 11) is 0. The summed E-state index contributed by atoms with van der Waals surface area (Å²) in [6.45, 7) is 1.09. The summed E-state index contributed by atoms with van der Waals surface area (Å²) in [6.07, 6.45) is 2.82. The van der Waals surface area contributed by atoms with Crippen LogP contribution in [0.2, 0.25) is 5.02 Å². The Bertz CT molecular complexity index is 886. The van der Waals surface area contributed by atoms with E-state index < -0.39 is 0 Å². The van der Waals surface area contributed by atoms with Crippen LogP contribution in [0, 0.1) is 0 Å². The summed E-state index contributed by atoms with van der Waals surface area (Å²) < 4.78 is 5.52. The number of pyridine rings is 1. The van der Waals surface area contributed by atoms with Gasteiger partial charge in [-0.1, -0.05) is 41.9 Å². The van der Waals surface area contributed by atoms with Gasteiger partial charge >= 0.3 is 0 Å². The van der Waals surface area contributed by atoms with Gasteiger partial charge in [-0.2, -0.15) is 0 Å². The molecule has 2 N–H and O–H groups in total. The lowest BCUT2D eigenvalue weighted by atomic mass is 10.1. The number of rotatable bonds is 9. The lowest BCUT2D eigenvalue weighted by Gasteiger charge is -2.09. The van der Waals surface area contributed by atoms with E-state index in [2.05, 4.69) is 15.6 Å². The van der Waals surface area contributed by atoms with Crippen molar-refractivity contribution in [3.63, 3.8) is 0 Å². The molecule has 3 rings (SSSR count). The van der Waals surface area contributed by atoms with E-state index in [0.29, 0.717) is 12.4 Å². The Morgan fingerprint density at radius 2 is 1.89 bits per heavy atom. The van der Waals surface area contributed by atoms with Gasteiger partial charge in [-0.25, -0.2) is 4.98 Å². The zero-order valence-electron chi connectivity index (χ0n) is 15.4. The molecule has 1 heterocycles. The number of nitrogens with one attached hydrogen (secondary N) is 2. The first-order chi connectivity index (χ1) is 13.7. The molecule has 1 amide bonds. The summed E-state index contributed by atoms with van der Waals surface area (Å²) in [6, 6.07) is 20.9. The van der Waals surface area contributed by atoms with E-state index in [4.69, 9.17) is 16.3 Å². The van der Waals surface area contributed by atoms with Crippen molar-refractivity contribution in [2.24, 2.45) is 0 Å². The number of nitrogens with zero attached hydrogens (tertiary/aromatic N) is 1. The molecule has 0 aliphatic heterocycles. The predicted octanol–water partition coefficient (Wildman–Crippen LogP) is 4.80. The van der Waals surface area contributed by atoms with E-state index in [1.807, 2.05) is 60.7 Å². The largest absolute Gasteiger partial charge is 0.493 e. The molecule has 0 bridgehead atoms. The number of hydrogen-bond acceptors (Lipinski definition) is 4. The molecule has 0 unspecified atom stereocenters. The van der Waals surface area contributed by atoms with Gasteiger partial charge in [0.25, 0.3) is 0 Å². The molecule has 5 nitrogen and oxygen atoms in total. The van der Waals surface area contributed by atoms with Gasteiger partial charge in [-0.05, 0) is 48.4 Å². The zero-order valence-corrected chi connectivity index (χ0v) is 16.2. The van der Waals surface area contributed by atoms with Crippen molar-refractivity contribution in [3.05, 3.63) is 83.5 Å². The number of benzene rings is 2. The highest BCUT2D eigenvalue weighted by Gasteiger charge is 2.04. The van der Waals surface area contributed by atoms with Gasteiger partial charge in [-0.15, -0.1) is 0 Å². The summed E-state index contributed by atoms with van der Waals surface area (Å²) in [5.74, 6) is 1.14. The van der Waals surface area contributed by atoms with Gasteiger partial charge in [0.15, 0.2) is 0 Å². The van der Waals surface area contributed by atoms with Crippen LogP contribution < -0.4 is 15.4 Å². The Morgan fingerprint density at radius 3 is 2.64 bits per heavy atom. The number of para-hydroxylation sites is 1. The van der Waals surface area contributed by atoms with Gasteiger partial charge < -0.3 is 15.4 Å². The SMILES string of the molecule is O=C(CCOc1ccccc1)Nc1ccc(NCCc2cccc(Cl)c2)cn1. The average Bonchev–Trinajstić information content (AvgIpc) is 2.70. The van der Waals surface area contributed by atoms with Crippen LogP contribution in [0.25, 0.3) is 0 Å². The van der Waals surface area contributed by atoms with Crippen LogP contribution in [0.5, 0.6) is 5.75 Å². The minimum Gasteiger partial charge on any atom is -0.493 e. The van der Waals surface area contributed by atoms with Crippen molar-refractivity contribution in [2.75, 3.05) is 23.8 Å². The Kier molecular flexibility index (Phi) is 7.27. The van der Waals surface area contributed by atoms with E-state index in [-0.39, 0.29) is 12.3 Å². The topological polar surface area (TPSA) is 63.2 Å². The average molecular weight is 396 g/mol. The summed E-state index contributed by atoms with van der Waals surface area (Å²) in [4.78, 5) is 16.3. The number of amides is 1. The highest BCUT2D eigenvalue weighted by molar-refractivity contribution is 6.30. The number of hydrogen-bond donors (Lipinski definition) is 2. The van der Waals surface area contributed by atoms with E-state index in [0.717, 1.165) is 29.4 Å². The molecule has 0 aliphatic rings. The van der Waals surface area contributed by atoms with Crippen LogP contribution in [-0.4, -0.2) is 24.0 Å². The highest BCUT2D eigenvalue weighted by atomic mass is 35.5. The second kappa shape index (κ2) is 10.3. The van der Waals surface area contributed by atoms with Crippen LogP contribution in [0.4, 0.5) is 11.5 Å². The van der Waals surface area contributed by atoms with Crippen LogP contribution in [0.3, 0.4) is 0 Å².